The Morgan fingerprint density at radius 3 is 2.38 bits per heavy atom. The van der Waals surface area contributed by atoms with Crippen molar-refractivity contribution in [2.45, 2.75) is 13.8 Å². The zero-order chi connectivity index (χ0) is 11.1. The van der Waals surface area contributed by atoms with Crippen LogP contribution >= 0.6 is 12.4 Å². The first-order chi connectivity index (χ1) is 7.27. The van der Waals surface area contributed by atoms with Crippen LogP contribution < -0.4 is 5.32 Å². The van der Waals surface area contributed by atoms with Crippen molar-refractivity contribution in [2.24, 2.45) is 0 Å². The third-order valence-electron chi connectivity index (χ3n) is 2.61. The first-order valence-electron chi connectivity index (χ1n) is 5.60. The van der Waals surface area contributed by atoms with Crippen molar-refractivity contribution in [3.8, 4) is 0 Å². The fourth-order valence-corrected chi connectivity index (χ4v) is 1.56. The molecule has 0 saturated carbocycles. The minimum atomic E-state index is 0. The minimum Gasteiger partial charge on any atom is -0.379 e. The van der Waals surface area contributed by atoms with Crippen LogP contribution in [-0.2, 0) is 4.74 Å². The normalized spacial score (nSPS) is 16.4. The fourth-order valence-electron chi connectivity index (χ4n) is 1.56. The minimum absolute atomic E-state index is 0. The molecule has 1 rings (SSSR count). The molecule has 16 heavy (non-hydrogen) atoms. The number of ether oxygens (including phenoxy) is 1. The van der Waals surface area contributed by atoms with Gasteiger partial charge in [-0.1, -0.05) is 0 Å². The van der Waals surface area contributed by atoms with Crippen molar-refractivity contribution < 1.29 is 9.53 Å². The monoisotopic (exact) mass is 251 g/mol. The second-order valence-corrected chi connectivity index (χ2v) is 3.54. The number of hydrogen-bond donors (Lipinski definition) is 1. The maximum atomic E-state index is 11.6. The summed E-state index contributed by atoms with van der Waals surface area (Å²) in [6.45, 7) is 9.44. The van der Waals surface area contributed by atoms with Gasteiger partial charge < -0.3 is 15.0 Å². The summed E-state index contributed by atoms with van der Waals surface area (Å²) in [4.78, 5) is 15.6. The predicted molar refractivity (Wildman–Crippen MR) is 66.0 cm³/mol. The van der Waals surface area contributed by atoms with Gasteiger partial charge in [0.2, 0.25) is 0 Å². The van der Waals surface area contributed by atoms with Crippen LogP contribution in [0.4, 0.5) is 4.79 Å². The molecular formula is C10H22ClN3O2. The summed E-state index contributed by atoms with van der Waals surface area (Å²) >= 11 is 0. The molecule has 1 N–H and O–H groups in total. The number of halogens is 1. The van der Waals surface area contributed by atoms with Crippen molar-refractivity contribution in [1.29, 1.82) is 0 Å². The predicted octanol–water partition coefficient (Wildman–Crippen LogP) is 0.749. The molecule has 96 valence electrons. The van der Waals surface area contributed by atoms with Gasteiger partial charge in [-0.3, -0.25) is 4.90 Å². The molecule has 0 atom stereocenters. The van der Waals surface area contributed by atoms with E-state index >= 15 is 0 Å². The Morgan fingerprint density at radius 1 is 1.31 bits per heavy atom. The van der Waals surface area contributed by atoms with E-state index < -0.39 is 0 Å². The SMILES string of the molecule is CCN(CC)C(=O)NCN1CCOCC1.Cl. The van der Waals surface area contributed by atoms with Crippen molar-refractivity contribution in [1.82, 2.24) is 15.1 Å². The molecule has 1 heterocycles. The Labute approximate surface area is 104 Å². The maximum Gasteiger partial charge on any atom is 0.318 e. The van der Waals surface area contributed by atoms with Crippen LogP contribution in [0.3, 0.4) is 0 Å². The third kappa shape index (κ3) is 5.01. The van der Waals surface area contributed by atoms with Gasteiger partial charge in [-0.2, -0.15) is 0 Å². The highest BCUT2D eigenvalue weighted by Crippen LogP contribution is 1.95. The van der Waals surface area contributed by atoms with Gasteiger partial charge in [0.25, 0.3) is 0 Å². The van der Waals surface area contributed by atoms with E-state index in [1.165, 1.54) is 0 Å². The molecule has 5 nitrogen and oxygen atoms in total. The molecule has 0 spiro atoms. The Hall–Kier alpha value is -0.520. The van der Waals surface area contributed by atoms with Gasteiger partial charge in [0.1, 0.15) is 0 Å². The highest BCUT2D eigenvalue weighted by Gasteiger charge is 2.13. The first kappa shape index (κ1) is 15.5. The Balaban J connectivity index is 0.00000225. The second kappa shape index (κ2) is 8.61. The molecule has 1 fully saturated rings. The van der Waals surface area contributed by atoms with Crippen molar-refractivity contribution in [3.05, 3.63) is 0 Å². The lowest BCUT2D eigenvalue weighted by Crippen LogP contribution is -2.47. The van der Waals surface area contributed by atoms with Crippen LogP contribution in [0.15, 0.2) is 0 Å². The van der Waals surface area contributed by atoms with Gasteiger partial charge in [0.05, 0.1) is 19.9 Å². The summed E-state index contributed by atoms with van der Waals surface area (Å²) < 4.78 is 5.23. The molecule has 6 heteroatoms. The fraction of sp³-hybridized carbons (Fsp3) is 0.900. The lowest BCUT2D eigenvalue weighted by atomic mass is 10.4. The smallest absolute Gasteiger partial charge is 0.318 e. The van der Waals surface area contributed by atoms with Crippen molar-refractivity contribution >= 4 is 18.4 Å². The van der Waals surface area contributed by atoms with E-state index in [1.54, 1.807) is 4.90 Å². The highest BCUT2D eigenvalue weighted by molar-refractivity contribution is 5.85. The van der Waals surface area contributed by atoms with Gasteiger partial charge in [0, 0.05) is 26.2 Å². The quantitative estimate of drug-likeness (QED) is 0.802. The molecule has 1 saturated heterocycles. The van der Waals surface area contributed by atoms with E-state index in [0.29, 0.717) is 6.67 Å². The number of rotatable bonds is 4. The van der Waals surface area contributed by atoms with Crippen LogP contribution in [0, 0.1) is 0 Å². The summed E-state index contributed by atoms with van der Waals surface area (Å²) in [6, 6.07) is 0.0199. The van der Waals surface area contributed by atoms with Crippen LogP contribution in [0.2, 0.25) is 0 Å². The summed E-state index contributed by atoms with van der Waals surface area (Å²) in [5.74, 6) is 0. The number of urea groups is 1. The van der Waals surface area contributed by atoms with E-state index in [0.717, 1.165) is 39.4 Å². The zero-order valence-corrected chi connectivity index (χ0v) is 10.9. The van der Waals surface area contributed by atoms with Gasteiger partial charge in [0.15, 0.2) is 0 Å². The molecule has 0 aromatic heterocycles. The molecule has 0 aliphatic carbocycles. The van der Waals surface area contributed by atoms with E-state index in [4.69, 9.17) is 4.74 Å². The van der Waals surface area contributed by atoms with Crippen molar-refractivity contribution in [2.75, 3.05) is 46.1 Å². The van der Waals surface area contributed by atoms with Gasteiger partial charge in [-0.25, -0.2) is 4.79 Å². The average Bonchev–Trinajstić information content (AvgIpc) is 2.29. The summed E-state index contributed by atoms with van der Waals surface area (Å²) in [7, 11) is 0. The third-order valence-corrected chi connectivity index (χ3v) is 2.61. The number of amides is 2. The summed E-state index contributed by atoms with van der Waals surface area (Å²) in [6.07, 6.45) is 0. The topological polar surface area (TPSA) is 44.8 Å². The molecule has 0 radical (unpaired) electrons. The molecule has 1 aliphatic heterocycles. The second-order valence-electron chi connectivity index (χ2n) is 3.54. The van der Waals surface area contributed by atoms with Crippen LogP contribution in [0.25, 0.3) is 0 Å². The van der Waals surface area contributed by atoms with E-state index in [-0.39, 0.29) is 18.4 Å². The van der Waals surface area contributed by atoms with Gasteiger partial charge in [-0.05, 0) is 13.8 Å². The largest absolute Gasteiger partial charge is 0.379 e. The number of hydrogen-bond acceptors (Lipinski definition) is 3. The van der Waals surface area contributed by atoms with Crippen LogP contribution in [-0.4, -0.2) is 61.9 Å². The number of nitrogens with zero attached hydrogens (tertiary/aromatic N) is 2. The number of carbonyl (C=O) groups is 1. The van der Waals surface area contributed by atoms with Crippen molar-refractivity contribution in [3.63, 3.8) is 0 Å². The average molecular weight is 252 g/mol. The Morgan fingerprint density at radius 2 is 1.88 bits per heavy atom. The molecule has 0 aromatic rings. The Bertz CT molecular complexity index is 195. The molecular weight excluding hydrogens is 230 g/mol. The van der Waals surface area contributed by atoms with Crippen LogP contribution in [0.5, 0.6) is 0 Å². The number of carbonyl (C=O) groups excluding carboxylic acids is 1. The van der Waals surface area contributed by atoms with Crippen LogP contribution in [0.1, 0.15) is 13.8 Å². The standard InChI is InChI=1S/C10H21N3O2.ClH/c1-3-13(4-2)10(14)11-9-12-5-7-15-8-6-12;/h3-9H2,1-2H3,(H,11,14);1H. The van der Waals surface area contributed by atoms with E-state index in [9.17, 15) is 4.79 Å². The first-order valence-corrected chi connectivity index (χ1v) is 5.60. The number of nitrogens with one attached hydrogen (secondary N) is 1. The maximum absolute atomic E-state index is 11.6. The summed E-state index contributed by atoms with van der Waals surface area (Å²) in [5, 5.41) is 2.91. The molecule has 0 bridgehead atoms. The summed E-state index contributed by atoms with van der Waals surface area (Å²) in [5.41, 5.74) is 0. The van der Waals surface area contributed by atoms with E-state index in [2.05, 4.69) is 10.2 Å². The lowest BCUT2D eigenvalue weighted by Gasteiger charge is -2.28. The van der Waals surface area contributed by atoms with Gasteiger partial charge in [-0.15, -0.1) is 12.4 Å². The Kier molecular flexibility index (Phi) is 8.33. The molecule has 1 aliphatic rings. The highest BCUT2D eigenvalue weighted by atomic mass is 35.5. The molecule has 0 unspecified atom stereocenters. The van der Waals surface area contributed by atoms with E-state index in [1.807, 2.05) is 13.8 Å². The zero-order valence-electron chi connectivity index (χ0n) is 10.1. The number of morpholine rings is 1. The molecule has 0 aromatic carbocycles. The van der Waals surface area contributed by atoms with Gasteiger partial charge >= 0.3 is 6.03 Å². The molecule has 2 amide bonds. The lowest BCUT2D eigenvalue weighted by molar-refractivity contribution is 0.0348.